The topological polar surface area (TPSA) is 127 Å². The Kier molecular flexibility index (Phi) is 6.05. The Morgan fingerprint density at radius 1 is 1.14 bits per heavy atom. The molecule has 0 spiro atoms. The van der Waals surface area contributed by atoms with Crippen LogP contribution in [-0.2, 0) is 0 Å². The number of aromatic nitrogens is 5. The van der Waals surface area contributed by atoms with Crippen molar-refractivity contribution in [3.63, 3.8) is 0 Å². The van der Waals surface area contributed by atoms with Gasteiger partial charge in [0, 0.05) is 41.3 Å². The van der Waals surface area contributed by atoms with Crippen LogP contribution in [0.4, 0.5) is 11.6 Å². The fourth-order valence-corrected chi connectivity index (χ4v) is 3.71. The van der Waals surface area contributed by atoms with Gasteiger partial charge in [-0.25, -0.2) is 14.5 Å². The molecule has 0 atom stereocenters. The highest BCUT2D eigenvalue weighted by molar-refractivity contribution is 5.91. The summed E-state index contributed by atoms with van der Waals surface area (Å²) in [5.41, 5.74) is 3.25. The second kappa shape index (κ2) is 9.19. The lowest BCUT2D eigenvalue weighted by molar-refractivity contribution is 0.0286. The van der Waals surface area contributed by atoms with E-state index in [4.69, 9.17) is 4.74 Å². The third-order valence-corrected chi connectivity index (χ3v) is 5.59. The summed E-state index contributed by atoms with van der Waals surface area (Å²) in [6, 6.07) is 9.81. The first-order valence-corrected chi connectivity index (χ1v) is 11.9. The highest BCUT2D eigenvalue weighted by Crippen LogP contribution is 2.32. The van der Waals surface area contributed by atoms with Gasteiger partial charge in [-0.15, -0.1) is 0 Å². The predicted octanol–water partition coefficient (Wildman–Crippen LogP) is 3.59. The molecule has 4 aromatic rings. The molecule has 1 aliphatic rings. The van der Waals surface area contributed by atoms with Gasteiger partial charge in [0.2, 0.25) is 5.82 Å². The Morgan fingerprint density at radius 2 is 1.94 bits per heavy atom. The zero-order valence-electron chi connectivity index (χ0n) is 20.7. The van der Waals surface area contributed by atoms with Crippen LogP contribution in [-0.4, -0.2) is 53.8 Å². The van der Waals surface area contributed by atoms with Crippen LogP contribution in [0.1, 0.15) is 48.7 Å². The summed E-state index contributed by atoms with van der Waals surface area (Å²) in [5, 5.41) is 20.8. The van der Waals surface area contributed by atoms with Crippen LogP contribution in [0.2, 0.25) is 0 Å². The molecule has 36 heavy (non-hydrogen) atoms. The Morgan fingerprint density at radius 3 is 2.69 bits per heavy atom. The van der Waals surface area contributed by atoms with E-state index in [9.17, 15) is 9.90 Å². The first kappa shape index (κ1) is 23.7. The average molecular weight is 488 g/mol. The van der Waals surface area contributed by atoms with E-state index in [0.717, 1.165) is 35.2 Å². The molecule has 10 heteroatoms. The van der Waals surface area contributed by atoms with Gasteiger partial charge in [0.15, 0.2) is 5.82 Å². The molecule has 4 heterocycles. The number of rotatable bonds is 8. The molecule has 10 nitrogen and oxygen atoms in total. The van der Waals surface area contributed by atoms with Crippen LogP contribution >= 0.6 is 0 Å². The second-order valence-corrected chi connectivity index (χ2v) is 9.83. The largest absolute Gasteiger partial charge is 0.488 e. The quantitative estimate of drug-likeness (QED) is 0.344. The van der Waals surface area contributed by atoms with Gasteiger partial charge in [-0.05, 0) is 64.3 Å². The van der Waals surface area contributed by atoms with Crippen molar-refractivity contribution in [2.75, 3.05) is 11.9 Å². The Hall–Kier alpha value is -4.05. The average Bonchev–Trinajstić information content (AvgIpc) is 3.53. The summed E-state index contributed by atoms with van der Waals surface area (Å²) >= 11 is 0. The van der Waals surface area contributed by atoms with E-state index in [0.29, 0.717) is 23.1 Å². The van der Waals surface area contributed by atoms with Crippen LogP contribution in [0.25, 0.3) is 16.6 Å². The molecule has 0 unspecified atom stereocenters. The predicted molar refractivity (Wildman–Crippen MR) is 135 cm³/mol. The monoisotopic (exact) mass is 487 g/mol. The molecule has 186 valence electrons. The molecule has 1 aliphatic carbocycles. The van der Waals surface area contributed by atoms with Crippen LogP contribution in [0.3, 0.4) is 0 Å². The second-order valence-electron chi connectivity index (χ2n) is 9.83. The van der Waals surface area contributed by atoms with Crippen LogP contribution in [0.15, 0.2) is 42.7 Å². The van der Waals surface area contributed by atoms with Crippen molar-refractivity contribution in [3.05, 3.63) is 59.9 Å². The van der Waals surface area contributed by atoms with Crippen molar-refractivity contribution in [1.29, 1.82) is 0 Å². The third kappa shape index (κ3) is 5.60. The fourth-order valence-electron chi connectivity index (χ4n) is 3.71. The number of aliphatic hydroxyl groups is 1. The molecule has 4 aromatic heterocycles. The number of nitrogens with zero attached hydrogens (tertiary/aromatic N) is 5. The van der Waals surface area contributed by atoms with Gasteiger partial charge in [0.25, 0.3) is 5.91 Å². The summed E-state index contributed by atoms with van der Waals surface area (Å²) in [6.45, 7) is 7.29. The van der Waals surface area contributed by atoms with Gasteiger partial charge in [-0.2, -0.15) is 5.10 Å². The maximum absolute atomic E-state index is 12.4. The van der Waals surface area contributed by atoms with Crippen molar-refractivity contribution >= 4 is 23.1 Å². The van der Waals surface area contributed by atoms with Crippen molar-refractivity contribution in [3.8, 4) is 16.9 Å². The van der Waals surface area contributed by atoms with E-state index in [-0.39, 0.29) is 24.4 Å². The zero-order valence-corrected chi connectivity index (χ0v) is 20.7. The van der Waals surface area contributed by atoms with E-state index in [1.54, 1.807) is 30.6 Å². The van der Waals surface area contributed by atoms with Crippen molar-refractivity contribution in [2.24, 2.45) is 0 Å². The van der Waals surface area contributed by atoms with E-state index < -0.39 is 5.60 Å². The van der Waals surface area contributed by atoms with Crippen LogP contribution in [0.5, 0.6) is 5.75 Å². The first-order valence-electron chi connectivity index (χ1n) is 11.9. The van der Waals surface area contributed by atoms with Crippen molar-refractivity contribution in [1.82, 2.24) is 29.9 Å². The molecule has 0 radical (unpaired) electrons. The number of carbonyl (C=O) groups excluding carboxylic acids is 1. The number of nitrogens with one attached hydrogen (secondary N) is 2. The molecule has 0 aromatic carbocycles. The lowest BCUT2D eigenvalue weighted by Crippen LogP contribution is -2.28. The van der Waals surface area contributed by atoms with Gasteiger partial charge in [0.05, 0.1) is 17.3 Å². The van der Waals surface area contributed by atoms with Gasteiger partial charge < -0.3 is 20.5 Å². The number of hydrogen-bond donors (Lipinski definition) is 3. The summed E-state index contributed by atoms with van der Waals surface area (Å²) in [6.07, 6.45) is 5.54. The molecule has 0 saturated heterocycles. The summed E-state index contributed by atoms with van der Waals surface area (Å²) in [4.78, 5) is 25.4. The molecule has 0 aliphatic heterocycles. The fraction of sp³-hybridized carbons (Fsp3) is 0.346. The van der Waals surface area contributed by atoms with E-state index in [1.165, 1.54) is 0 Å². The minimum absolute atomic E-state index is 0.141. The normalized spacial score (nSPS) is 13.6. The highest BCUT2D eigenvalue weighted by atomic mass is 16.5. The number of aryl methyl sites for hydroxylation is 2. The number of ether oxygens (including phenoxy) is 1. The highest BCUT2D eigenvalue weighted by Gasteiger charge is 2.25. The molecule has 1 fully saturated rings. The van der Waals surface area contributed by atoms with Gasteiger partial charge in [-0.3, -0.25) is 9.78 Å². The lowest BCUT2D eigenvalue weighted by atomic mass is 10.1. The number of hydrogen-bond acceptors (Lipinski definition) is 8. The SMILES string of the molecule is Cc1cc(-c2ccn3nc(Nc4cc(C)nc(C(=O)NC5CC5)n4)cc3c2)c(OCC(C)(C)O)cn1. The number of pyridine rings is 2. The smallest absolute Gasteiger partial charge is 0.289 e. The number of amides is 1. The first-order chi connectivity index (χ1) is 17.1. The third-order valence-electron chi connectivity index (χ3n) is 5.59. The summed E-state index contributed by atoms with van der Waals surface area (Å²) in [5.74, 6) is 1.56. The molecular formula is C26H29N7O3. The maximum Gasteiger partial charge on any atom is 0.289 e. The van der Waals surface area contributed by atoms with Crippen LogP contribution < -0.4 is 15.4 Å². The molecule has 1 saturated carbocycles. The standard InChI is InChI=1S/C26H29N7O3/c1-15-9-20(21(13-27-15)36-14-26(3,4)35)17-7-8-33-19(11-17)12-23(32-33)30-22-10-16(2)28-24(31-22)25(34)29-18-5-6-18/h7-13,18,35H,5-6,14H2,1-4H3,(H,29,34)(H,28,30,31,32). The minimum Gasteiger partial charge on any atom is -0.488 e. The maximum atomic E-state index is 12.4. The molecular weight excluding hydrogens is 458 g/mol. The van der Waals surface area contributed by atoms with E-state index >= 15 is 0 Å². The molecule has 5 rings (SSSR count). The Bertz CT molecular complexity index is 1440. The summed E-state index contributed by atoms with van der Waals surface area (Å²) < 4.78 is 7.64. The number of carbonyl (C=O) groups is 1. The van der Waals surface area contributed by atoms with Crippen LogP contribution in [0, 0.1) is 13.8 Å². The zero-order chi connectivity index (χ0) is 25.4. The van der Waals surface area contributed by atoms with E-state index in [1.807, 2.05) is 44.3 Å². The molecule has 0 bridgehead atoms. The lowest BCUT2D eigenvalue weighted by Gasteiger charge is -2.19. The number of anilines is 2. The number of fused-ring (bicyclic) bond motifs is 1. The van der Waals surface area contributed by atoms with Gasteiger partial charge in [-0.1, -0.05) is 0 Å². The Balaban J connectivity index is 1.41. The van der Waals surface area contributed by atoms with Crippen molar-refractivity contribution in [2.45, 2.75) is 52.2 Å². The summed E-state index contributed by atoms with van der Waals surface area (Å²) in [7, 11) is 0. The van der Waals surface area contributed by atoms with Crippen molar-refractivity contribution < 1.29 is 14.6 Å². The van der Waals surface area contributed by atoms with Gasteiger partial charge >= 0.3 is 0 Å². The minimum atomic E-state index is -0.962. The van der Waals surface area contributed by atoms with E-state index in [2.05, 4.69) is 30.7 Å². The molecule has 3 N–H and O–H groups in total. The Labute approximate surface area is 208 Å². The molecule has 1 amide bonds. The van der Waals surface area contributed by atoms with Gasteiger partial charge in [0.1, 0.15) is 18.2 Å².